The second-order valence-corrected chi connectivity index (χ2v) is 4.37. The van der Waals surface area contributed by atoms with Gasteiger partial charge in [0.2, 0.25) is 0 Å². The van der Waals surface area contributed by atoms with Crippen LogP contribution in [0.3, 0.4) is 0 Å². The van der Waals surface area contributed by atoms with E-state index >= 15 is 0 Å². The van der Waals surface area contributed by atoms with E-state index in [1.807, 2.05) is 0 Å². The molecule has 1 aromatic carbocycles. The highest BCUT2D eigenvalue weighted by Gasteiger charge is 2.08. The molecule has 1 unspecified atom stereocenters. The van der Waals surface area contributed by atoms with Gasteiger partial charge in [-0.3, -0.25) is 0 Å². The standard InChI is InChI=1S/C14H21FO/c1-3-5-11(4-2)6-7-12-10-13(15)8-9-14(12)16/h8-11,16H,3-7H2,1-2H3. The molecule has 0 bridgehead atoms. The van der Waals surface area contributed by atoms with Gasteiger partial charge in [-0.1, -0.05) is 33.1 Å². The molecule has 0 saturated carbocycles. The molecule has 0 radical (unpaired) electrons. The lowest BCUT2D eigenvalue weighted by atomic mass is 9.93. The highest BCUT2D eigenvalue weighted by atomic mass is 19.1. The van der Waals surface area contributed by atoms with Crippen molar-refractivity contribution in [2.45, 2.75) is 46.0 Å². The van der Waals surface area contributed by atoms with Crippen molar-refractivity contribution < 1.29 is 9.50 Å². The Bertz CT molecular complexity index is 323. The van der Waals surface area contributed by atoms with Crippen LogP contribution in [0.1, 0.15) is 45.1 Å². The summed E-state index contributed by atoms with van der Waals surface area (Å²) in [5, 5.41) is 9.58. The maximum absolute atomic E-state index is 13.0. The van der Waals surface area contributed by atoms with Crippen molar-refractivity contribution in [1.82, 2.24) is 0 Å². The van der Waals surface area contributed by atoms with Crippen molar-refractivity contribution in [2.24, 2.45) is 5.92 Å². The Hall–Kier alpha value is -1.05. The number of rotatable bonds is 6. The van der Waals surface area contributed by atoms with Crippen LogP contribution in [0.5, 0.6) is 5.75 Å². The van der Waals surface area contributed by atoms with E-state index in [-0.39, 0.29) is 11.6 Å². The van der Waals surface area contributed by atoms with Crippen LogP contribution in [-0.2, 0) is 6.42 Å². The molecular formula is C14H21FO. The van der Waals surface area contributed by atoms with E-state index in [0.29, 0.717) is 5.92 Å². The van der Waals surface area contributed by atoms with Gasteiger partial charge in [0.1, 0.15) is 11.6 Å². The summed E-state index contributed by atoms with van der Waals surface area (Å²) in [5.41, 5.74) is 0.731. The van der Waals surface area contributed by atoms with Crippen molar-refractivity contribution in [3.63, 3.8) is 0 Å². The zero-order valence-electron chi connectivity index (χ0n) is 10.2. The molecule has 16 heavy (non-hydrogen) atoms. The zero-order valence-corrected chi connectivity index (χ0v) is 10.2. The second-order valence-electron chi connectivity index (χ2n) is 4.37. The number of benzene rings is 1. The predicted octanol–water partition coefficient (Wildman–Crippen LogP) is 4.29. The fourth-order valence-electron chi connectivity index (χ4n) is 2.07. The summed E-state index contributed by atoms with van der Waals surface area (Å²) < 4.78 is 13.0. The maximum atomic E-state index is 13.0. The van der Waals surface area contributed by atoms with Gasteiger partial charge >= 0.3 is 0 Å². The molecule has 0 aromatic heterocycles. The fraction of sp³-hybridized carbons (Fsp3) is 0.571. The normalized spacial score (nSPS) is 12.7. The molecule has 0 aliphatic carbocycles. The van der Waals surface area contributed by atoms with Crippen molar-refractivity contribution in [1.29, 1.82) is 0 Å². The third kappa shape index (κ3) is 3.84. The molecule has 90 valence electrons. The van der Waals surface area contributed by atoms with E-state index in [9.17, 15) is 9.50 Å². The van der Waals surface area contributed by atoms with Crippen molar-refractivity contribution >= 4 is 0 Å². The monoisotopic (exact) mass is 224 g/mol. The van der Waals surface area contributed by atoms with E-state index in [2.05, 4.69) is 13.8 Å². The molecule has 0 saturated heterocycles. The average molecular weight is 224 g/mol. The van der Waals surface area contributed by atoms with Crippen LogP contribution in [0.4, 0.5) is 4.39 Å². The molecule has 1 atom stereocenters. The van der Waals surface area contributed by atoms with Crippen LogP contribution in [0.25, 0.3) is 0 Å². The average Bonchev–Trinajstić information content (AvgIpc) is 2.28. The molecule has 0 fully saturated rings. The van der Waals surface area contributed by atoms with E-state index in [4.69, 9.17) is 0 Å². The molecule has 0 aliphatic rings. The summed E-state index contributed by atoms with van der Waals surface area (Å²) >= 11 is 0. The number of phenolic OH excluding ortho intramolecular Hbond substituents is 1. The highest BCUT2D eigenvalue weighted by molar-refractivity contribution is 5.32. The summed E-state index contributed by atoms with van der Waals surface area (Å²) in [5.74, 6) is 0.636. The quantitative estimate of drug-likeness (QED) is 0.764. The summed E-state index contributed by atoms with van der Waals surface area (Å²) in [6.07, 6.45) is 5.35. The Kier molecular flexibility index (Phi) is 5.30. The second kappa shape index (κ2) is 6.51. The minimum absolute atomic E-state index is 0.216. The SMILES string of the molecule is CCCC(CC)CCc1cc(F)ccc1O. The summed E-state index contributed by atoms with van der Waals surface area (Å²) in [4.78, 5) is 0. The van der Waals surface area contributed by atoms with Gasteiger partial charge in [0, 0.05) is 0 Å². The van der Waals surface area contributed by atoms with Gasteiger partial charge < -0.3 is 5.11 Å². The van der Waals surface area contributed by atoms with Crippen LogP contribution < -0.4 is 0 Å². The number of hydrogen-bond donors (Lipinski definition) is 1. The lowest BCUT2D eigenvalue weighted by Crippen LogP contribution is -2.01. The molecule has 1 nitrogen and oxygen atoms in total. The Balaban J connectivity index is 2.55. The van der Waals surface area contributed by atoms with Crippen LogP contribution >= 0.6 is 0 Å². The summed E-state index contributed by atoms with van der Waals surface area (Å²) in [6, 6.07) is 4.17. The Morgan fingerprint density at radius 3 is 2.62 bits per heavy atom. The molecule has 0 aliphatic heterocycles. The topological polar surface area (TPSA) is 20.2 Å². The van der Waals surface area contributed by atoms with Crippen LogP contribution in [0, 0.1) is 11.7 Å². The van der Waals surface area contributed by atoms with Gasteiger partial charge in [-0.15, -0.1) is 0 Å². The number of aromatic hydroxyl groups is 1. The van der Waals surface area contributed by atoms with Crippen LogP contribution in [0.15, 0.2) is 18.2 Å². The molecule has 1 aromatic rings. The largest absolute Gasteiger partial charge is 0.508 e. The molecule has 0 heterocycles. The van der Waals surface area contributed by atoms with Crippen molar-refractivity contribution in [3.05, 3.63) is 29.6 Å². The Morgan fingerprint density at radius 2 is 2.00 bits per heavy atom. The third-order valence-corrected chi connectivity index (χ3v) is 3.14. The fourth-order valence-corrected chi connectivity index (χ4v) is 2.07. The first-order valence-electron chi connectivity index (χ1n) is 6.14. The van der Waals surface area contributed by atoms with Crippen LogP contribution in [0.2, 0.25) is 0 Å². The number of aryl methyl sites for hydroxylation is 1. The minimum Gasteiger partial charge on any atom is -0.508 e. The van der Waals surface area contributed by atoms with Gasteiger partial charge in [-0.2, -0.15) is 0 Å². The van der Waals surface area contributed by atoms with Gasteiger partial charge in [-0.25, -0.2) is 4.39 Å². The Morgan fingerprint density at radius 1 is 1.25 bits per heavy atom. The first-order chi connectivity index (χ1) is 7.67. The summed E-state index contributed by atoms with van der Waals surface area (Å²) in [6.45, 7) is 4.37. The molecule has 1 N–H and O–H groups in total. The number of halogens is 1. The lowest BCUT2D eigenvalue weighted by molar-refractivity contribution is 0.421. The van der Waals surface area contributed by atoms with Gasteiger partial charge in [0.05, 0.1) is 0 Å². The Labute approximate surface area is 97.3 Å². The molecule has 2 heteroatoms. The van der Waals surface area contributed by atoms with E-state index in [0.717, 1.165) is 24.8 Å². The smallest absolute Gasteiger partial charge is 0.123 e. The summed E-state index contributed by atoms with van der Waals surface area (Å²) in [7, 11) is 0. The molecule has 1 rings (SSSR count). The first kappa shape index (κ1) is 13.0. The molecule has 0 amide bonds. The minimum atomic E-state index is -0.267. The lowest BCUT2D eigenvalue weighted by Gasteiger charge is -2.13. The van der Waals surface area contributed by atoms with Gasteiger partial charge in [0.25, 0.3) is 0 Å². The highest BCUT2D eigenvalue weighted by Crippen LogP contribution is 2.23. The van der Waals surface area contributed by atoms with Crippen LogP contribution in [-0.4, -0.2) is 5.11 Å². The van der Waals surface area contributed by atoms with Crippen molar-refractivity contribution in [3.8, 4) is 5.75 Å². The zero-order chi connectivity index (χ0) is 12.0. The van der Waals surface area contributed by atoms with Gasteiger partial charge in [0.15, 0.2) is 0 Å². The van der Waals surface area contributed by atoms with E-state index < -0.39 is 0 Å². The van der Waals surface area contributed by atoms with E-state index in [1.165, 1.54) is 31.0 Å². The number of phenols is 1. The third-order valence-electron chi connectivity index (χ3n) is 3.14. The molecule has 0 spiro atoms. The first-order valence-corrected chi connectivity index (χ1v) is 6.14. The van der Waals surface area contributed by atoms with E-state index in [1.54, 1.807) is 0 Å². The molecular weight excluding hydrogens is 203 g/mol. The van der Waals surface area contributed by atoms with Crippen molar-refractivity contribution in [2.75, 3.05) is 0 Å². The number of hydrogen-bond acceptors (Lipinski definition) is 1. The van der Waals surface area contributed by atoms with Gasteiger partial charge in [-0.05, 0) is 42.5 Å². The predicted molar refractivity (Wildman–Crippen MR) is 65.1 cm³/mol. The maximum Gasteiger partial charge on any atom is 0.123 e.